The topological polar surface area (TPSA) is 51.0 Å². The van der Waals surface area contributed by atoms with Gasteiger partial charge in [-0.3, -0.25) is 9.48 Å². The largest absolute Gasteiger partial charge is 0.333 e. The van der Waals surface area contributed by atoms with Crippen LogP contribution >= 0.6 is 0 Å². The molecule has 1 aromatic carbocycles. The Bertz CT molecular complexity index is 521. The van der Waals surface area contributed by atoms with Crippen molar-refractivity contribution in [1.82, 2.24) is 19.9 Å². The van der Waals surface area contributed by atoms with Crippen molar-refractivity contribution < 1.29 is 4.79 Å². The Morgan fingerprint density at radius 3 is 2.61 bits per heavy atom. The molecular weight excluding hydrogens is 228 g/mol. The van der Waals surface area contributed by atoms with Crippen molar-refractivity contribution in [2.24, 2.45) is 7.05 Å². The van der Waals surface area contributed by atoms with Crippen LogP contribution in [0.2, 0.25) is 0 Å². The van der Waals surface area contributed by atoms with Crippen LogP contribution in [-0.2, 0) is 13.6 Å². The number of hydrogen-bond donors (Lipinski definition) is 0. The summed E-state index contributed by atoms with van der Waals surface area (Å²) in [5.74, 6) is -0.0885. The van der Waals surface area contributed by atoms with Crippen LogP contribution in [0.15, 0.2) is 36.5 Å². The zero-order valence-corrected chi connectivity index (χ0v) is 10.6. The molecule has 0 aliphatic rings. The fraction of sp³-hybridized carbons (Fsp3) is 0.308. The molecule has 94 valence electrons. The normalized spacial score (nSPS) is 10.3. The highest BCUT2D eigenvalue weighted by atomic mass is 16.2. The lowest BCUT2D eigenvalue weighted by Crippen LogP contribution is -2.30. The third-order valence-electron chi connectivity index (χ3n) is 2.71. The number of aromatic nitrogens is 3. The van der Waals surface area contributed by atoms with Gasteiger partial charge in [0.2, 0.25) is 0 Å². The van der Waals surface area contributed by atoms with Gasteiger partial charge in [-0.2, -0.15) is 0 Å². The fourth-order valence-electron chi connectivity index (χ4n) is 1.74. The van der Waals surface area contributed by atoms with Crippen molar-refractivity contribution in [3.8, 4) is 0 Å². The maximum atomic E-state index is 12.2. The van der Waals surface area contributed by atoms with Crippen LogP contribution in [0.3, 0.4) is 0 Å². The minimum Gasteiger partial charge on any atom is -0.333 e. The first-order valence-electron chi connectivity index (χ1n) is 5.90. The number of carbonyl (C=O) groups is 1. The summed E-state index contributed by atoms with van der Waals surface area (Å²) in [6.45, 7) is 3.19. The Kier molecular flexibility index (Phi) is 3.72. The molecule has 0 aliphatic heterocycles. The quantitative estimate of drug-likeness (QED) is 0.818. The summed E-state index contributed by atoms with van der Waals surface area (Å²) >= 11 is 0. The van der Waals surface area contributed by atoms with Crippen molar-refractivity contribution in [1.29, 1.82) is 0 Å². The average molecular weight is 244 g/mol. The highest BCUT2D eigenvalue weighted by Crippen LogP contribution is 2.07. The first-order valence-corrected chi connectivity index (χ1v) is 5.90. The zero-order chi connectivity index (χ0) is 13.0. The van der Waals surface area contributed by atoms with E-state index in [0.29, 0.717) is 18.8 Å². The minimum absolute atomic E-state index is 0.0885. The van der Waals surface area contributed by atoms with Gasteiger partial charge in [0.15, 0.2) is 5.69 Å². The van der Waals surface area contributed by atoms with Crippen LogP contribution in [0, 0.1) is 0 Å². The van der Waals surface area contributed by atoms with Crippen molar-refractivity contribution in [3.05, 3.63) is 47.8 Å². The second-order valence-corrected chi connectivity index (χ2v) is 4.08. The monoisotopic (exact) mass is 244 g/mol. The summed E-state index contributed by atoms with van der Waals surface area (Å²) in [4.78, 5) is 14.0. The van der Waals surface area contributed by atoms with Gasteiger partial charge in [0.25, 0.3) is 5.91 Å². The van der Waals surface area contributed by atoms with E-state index >= 15 is 0 Å². The molecule has 5 nitrogen and oxygen atoms in total. The maximum Gasteiger partial charge on any atom is 0.276 e. The van der Waals surface area contributed by atoms with Crippen molar-refractivity contribution in [3.63, 3.8) is 0 Å². The molecule has 5 heteroatoms. The Balaban J connectivity index is 2.12. The summed E-state index contributed by atoms with van der Waals surface area (Å²) in [5.41, 5.74) is 1.49. The first kappa shape index (κ1) is 12.3. The van der Waals surface area contributed by atoms with Crippen LogP contribution in [-0.4, -0.2) is 32.3 Å². The second-order valence-electron chi connectivity index (χ2n) is 4.08. The van der Waals surface area contributed by atoms with E-state index < -0.39 is 0 Å². The van der Waals surface area contributed by atoms with Gasteiger partial charge in [0.05, 0.1) is 6.20 Å². The molecule has 18 heavy (non-hydrogen) atoms. The van der Waals surface area contributed by atoms with Gasteiger partial charge in [0.1, 0.15) is 0 Å². The lowest BCUT2D eigenvalue weighted by Gasteiger charge is -2.19. The molecular formula is C13H16N4O. The predicted octanol–water partition coefficient (Wildman–Crippen LogP) is 1.48. The maximum absolute atomic E-state index is 12.2. The van der Waals surface area contributed by atoms with Crippen LogP contribution in [0.5, 0.6) is 0 Å². The summed E-state index contributed by atoms with van der Waals surface area (Å²) in [6, 6.07) is 9.91. The van der Waals surface area contributed by atoms with Gasteiger partial charge in [0, 0.05) is 20.1 Å². The number of nitrogens with zero attached hydrogens (tertiary/aromatic N) is 4. The molecule has 0 unspecified atom stereocenters. The van der Waals surface area contributed by atoms with E-state index in [9.17, 15) is 4.79 Å². The lowest BCUT2D eigenvalue weighted by molar-refractivity contribution is 0.0746. The predicted molar refractivity (Wildman–Crippen MR) is 67.9 cm³/mol. The van der Waals surface area contributed by atoms with E-state index in [0.717, 1.165) is 5.56 Å². The molecule has 2 aromatic rings. The summed E-state index contributed by atoms with van der Waals surface area (Å²) in [6.07, 6.45) is 1.63. The standard InChI is InChI=1S/C13H16N4O/c1-3-17(9-11-7-5-4-6-8-11)13(18)12-10-16(2)15-14-12/h4-8,10H,3,9H2,1-2H3. The van der Waals surface area contributed by atoms with E-state index in [2.05, 4.69) is 10.3 Å². The third kappa shape index (κ3) is 2.74. The molecule has 0 radical (unpaired) electrons. The number of benzene rings is 1. The Labute approximate surface area is 106 Å². The summed E-state index contributed by atoms with van der Waals surface area (Å²) in [7, 11) is 1.75. The summed E-state index contributed by atoms with van der Waals surface area (Å²) in [5, 5.41) is 7.63. The molecule has 0 atom stereocenters. The van der Waals surface area contributed by atoms with Gasteiger partial charge < -0.3 is 4.90 Å². The fourth-order valence-corrected chi connectivity index (χ4v) is 1.74. The van der Waals surface area contributed by atoms with Crippen LogP contribution in [0.4, 0.5) is 0 Å². The third-order valence-corrected chi connectivity index (χ3v) is 2.71. The SMILES string of the molecule is CCN(Cc1ccccc1)C(=O)c1cn(C)nn1. The molecule has 0 saturated carbocycles. The minimum atomic E-state index is -0.0885. The van der Waals surface area contributed by atoms with Crippen LogP contribution in [0.25, 0.3) is 0 Å². The number of carbonyl (C=O) groups excluding carboxylic acids is 1. The number of amides is 1. The highest BCUT2D eigenvalue weighted by Gasteiger charge is 2.17. The van der Waals surface area contributed by atoms with Crippen LogP contribution in [0.1, 0.15) is 23.0 Å². The van der Waals surface area contributed by atoms with E-state index in [1.54, 1.807) is 18.1 Å². The highest BCUT2D eigenvalue weighted by molar-refractivity contribution is 5.91. The van der Waals surface area contributed by atoms with Crippen molar-refractivity contribution in [2.75, 3.05) is 6.54 Å². The van der Waals surface area contributed by atoms with Gasteiger partial charge in [-0.05, 0) is 12.5 Å². The molecule has 1 amide bonds. The zero-order valence-electron chi connectivity index (χ0n) is 10.6. The van der Waals surface area contributed by atoms with E-state index in [-0.39, 0.29) is 5.91 Å². The molecule has 2 rings (SSSR count). The Morgan fingerprint density at radius 1 is 1.33 bits per heavy atom. The first-order chi connectivity index (χ1) is 8.70. The Morgan fingerprint density at radius 2 is 2.06 bits per heavy atom. The Hall–Kier alpha value is -2.17. The molecule has 0 saturated heterocycles. The molecule has 0 bridgehead atoms. The van der Waals surface area contributed by atoms with Crippen molar-refractivity contribution >= 4 is 5.91 Å². The number of rotatable bonds is 4. The molecule has 1 heterocycles. The van der Waals surface area contributed by atoms with Gasteiger partial charge in [-0.1, -0.05) is 35.5 Å². The molecule has 0 spiro atoms. The van der Waals surface area contributed by atoms with Gasteiger partial charge >= 0.3 is 0 Å². The number of hydrogen-bond acceptors (Lipinski definition) is 3. The van der Waals surface area contributed by atoms with E-state index in [1.807, 2.05) is 37.3 Å². The second kappa shape index (κ2) is 5.44. The van der Waals surface area contributed by atoms with E-state index in [1.165, 1.54) is 4.68 Å². The number of aryl methyl sites for hydroxylation is 1. The molecule has 0 aliphatic carbocycles. The van der Waals surface area contributed by atoms with E-state index in [4.69, 9.17) is 0 Å². The van der Waals surface area contributed by atoms with Gasteiger partial charge in [-0.25, -0.2) is 0 Å². The smallest absolute Gasteiger partial charge is 0.276 e. The molecule has 0 fully saturated rings. The van der Waals surface area contributed by atoms with Gasteiger partial charge in [-0.15, -0.1) is 5.10 Å². The summed E-state index contributed by atoms with van der Waals surface area (Å²) < 4.78 is 1.53. The average Bonchev–Trinajstić information content (AvgIpc) is 2.83. The molecule has 1 aromatic heterocycles. The molecule has 0 N–H and O–H groups in total. The van der Waals surface area contributed by atoms with Crippen molar-refractivity contribution in [2.45, 2.75) is 13.5 Å². The van der Waals surface area contributed by atoms with Crippen LogP contribution < -0.4 is 0 Å². The lowest BCUT2D eigenvalue weighted by atomic mass is 10.2.